The van der Waals surface area contributed by atoms with Crippen molar-refractivity contribution in [3.8, 4) is 0 Å². The summed E-state index contributed by atoms with van der Waals surface area (Å²) >= 11 is 0. The van der Waals surface area contributed by atoms with Gasteiger partial charge in [0.1, 0.15) is 5.82 Å². The lowest BCUT2D eigenvalue weighted by Crippen LogP contribution is -2.53. The summed E-state index contributed by atoms with van der Waals surface area (Å²) in [7, 11) is 3.47. The minimum absolute atomic E-state index is 0. The number of hydrogen-bond acceptors (Lipinski definition) is 3. The van der Waals surface area contributed by atoms with E-state index < -0.39 is 0 Å². The first-order chi connectivity index (χ1) is 14.0. The van der Waals surface area contributed by atoms with E-state index in [2.05, 4.69) is 10.2 Å². The fraction of sp³-hybridized carbons (Fsp3) is 0.364. The predicted octanol–water partition coefficient (Wildman–Crippen LogP) is 2.80. The molecule has 162 valence electrons. The van der Waals surface area contributed by atoms with Crippen LogP contribution in [0.1, 0.15) is 5.56 Å². The normalized spacial score (nSPS) is 14.2. The van der Waals surface area contributed by atoms with Gasteiger partial charge < -0.3 is 20.0 Å². The van der Waals surface area contributed by atoms with E-state index in [0.717, 1.165) is 5.56 Å². The molecule has 0 spiro atoms. The Kier molecular flexibility index (Phi) is 9.35. The number of likely N-dealkylation sites (N-methyl/N-ethyl adjacent to an activating group) is 1. The standard InChI is InChI=1S/C22H28FN5O.HI/c1-26(2)21(29)17-25-22(24-16-18-8-4-3-5-9-18)28-14-12-27(13-15-28)20-11-7-6-10-19(20)23;/h3-11H,12-17H2,1-2H3,(H,24,25);1H. The molecular weight excluding hydrogens is 496 g/mol. The minimum atomic E-state index is -0.200. The summed E-state index contributed by atoms with van der Waals surface area (Å²) < 4.78 is 14.1. The predicted molar refractivity (Wildman–Crippen MR) is 130 cm³/mol. The topological polar surface area (TPSA) is 51.2 Å². The Morgan fingerprint density at radius 1 is 1.03 bits per heavy atom. The third-order valence-corrected chi connectivity index (χ3v) is 4.92. The number of para-hydroxylation sites is 1. The average molecular weight is 525 g/mol. The van der Waals surface area contributed by atoms with Crippen molar-refractivity contribution in [2.45, 2.75) is 6.54 Å². The molecule has 2 aromatic carbocycles. The van der Waals surface area contributed by atoms with Gasteiger partial charge in [-0.05, 0) is 17.7 Å². The zero-order chi connectivity index (χ0) is 20.6. The number of aliphatic imine (C=N–C) groups is 1. The maximum absolute atomic E-state index is 14.1. The quantitative estimate of drug-likeness (QED) is 0.371. The number of carbonyl (C=O) groups excluding carboxylic acids is 1. The van der Waals surface area contributed by atoms with Crippen molar-refractivity contribution in [3.63, 3.8) is 0 Å². The monoisotopic (exact) mass is 525 g/mol. The van der Waals surface area contributed by atoms with Crippen LogP contribution in [-0.4, -0.2) is 68.5 Å². The molecule has 0 radical (unpaired) electrons. The minimum Gasteiger partial charge on any atom is -0.366 e. The molecule has 1 aliphatic rings. The molecule has 6 nitrogen and oxygen atoms in total. The summed E-state index contributed by atoms with van der Waals surface area (Å²) in [6, 6.07) is 16.9. The molecule has 0 bridgehead atoms. The zero-order valence-electron chi connectivity index (χ0n) is 17.4. The van der Waals surface area contributed by atoms with E-state index in [1.54, 1.807) is 25.1 Å². The van der Waals surface area contributed by atoms with E-state index in [1.165, 1.54) is 6.07 Å². The van der Waals surface area contributed by atoms with Crippen LogP contribution in [-0.2, 0) is 11.3 Å². The Balaban J connectivity index is 0.00000320. The highest BCUT2D eigenvalue weighted by Gasteiger charge is 2.22. The summed E-state index contributed by atoms with van der Waals surface area (Å²) in [6.45, 7) is 3.50. The van der Waals surface area contributed by atoms with Gasteiger partial charge in [-0.15, -0.1) is 24.0 Å². The van der Waals surface area contributed by atoms with Gasteiger partial charge in [0, 0.05) is 40.3 Å². The molecule has 0 unspecified atom stereocenters. The van der Waals surface area contributed by atoms with Crippen LogP contribution in [0.5, 0.6) is 0 Å². The van der Waals surface area contributed by atoms with Gasteiger partial charge in [0.15, 0.2) is 5.96 Å². The van der Waals surface area contributed by atoms with E-state index in [9.17, 15) is 9.18 Å². The summed E-state index contributed by atoms with van der Waals surface area (Å²) in [6.07, 6.45) is 0. The molecule has 1 aliphatic heterocycles. The summed E-state index contributed by atoms with van der Waals surface area (Å²) in [5, 5.41) is 3.20. The van der Waals surface area contributed by atoms with Crippen molar-refractivity contribution >= 4 is 41.5 Å². The van der Waals surface area contributed by atoms with Crippen LogP contribution >= 0.6 is 24.0 Å². The number of nitrogens with zero attached hydrogens (tertiary/aromatic N) is 4. The van der Waals surface area contributed by atoms with Crippen LogP contribution in [0.3, 0.4) is 0 Å². The van der Waals surface area contributed by atoms with Gasteiger partial charge in [0.25, 0.3) is 0 Å². The number of guanidine groups is 1. The number of carbonyl (C=O) groups is 1. The number of benzene rings is 2. The molecule has 0 aromatic heterocycles. The van der Waals surface area contributed by atoms with E-state index >= 15 is 0 Å². The van der Waals surface area contributed by atoms with Crippen LogP contribution in [0, 0.1) is 5.82 Å². The van der Waals surface area contributed by atoms with Gasteiger partial charge in [-0.3, -0.25) is 4.79 Å². The third kappa shape index (κ3) is 6.58. The van der Waals surface area contributed by atoms with Crippen LogP contribution in [0.2, 0.25) is 0 Å². The van der Waals surface area contributed by atoms with Crippen molar-refractivity contribution in [3.05, 3.63) is 66.0 Å². The number of hydrogen-bond donors (Lipinski definition) is 1. The van der Waals surface area contributed by atoms with Crippen LogP contribution in [0.15, 0.2) is 59.6 Å². The first-order valence-corrected chi connectivity index (χ1v) is 9.81. The van der Waals surface area contributed by atoms with Crippen molar-refractivity contribution < 1.29 is 9.18 Å². The number of piperazine rings is 1. The number of nitrogens with one attached hydrogen (secondary N) is 1. The molecule has 8 heteroatoms. The van der Waals surface area contributed by atoms with E-state index in [1.807, 2.05) is 47.4 Å². The first-order valence-electron chi connectivity index (χ1n) is 9.81. The second-order valence-corrected chi connectivity index (χ2v) is 7.19. The highest BCUT2D eigenvalue weighted by atomic mass is 127. The molecule has 2 aromatic rings. The zero-order valence-corrected chi connectivity index (χ0v) is 19.8. The second kappa shape index (κ2) is 11.7. The smallest absolute Gasteiger partial charge is 0.241 e. The Bertz CT molecular complexity index is 838. The third-order valence-electron chi connectivity index (χ3n) is 4.92. The van der Waals surface area contributed by atoms with Gasteiger partial charge in [-0.2, -0.15) is 0 Å². The number of anilines is 1. The molecule has 0 saturated carbocycles. The molecule has 30 heavy (non-hydrogen) atoms. The maximum atomic E-state index is 14.1. The summed E-state index contributed by atoms with van der Waals surface area (Å²) in [5.41, 5.74) is 1.74. The number of amides is 1. The van der Waals surface area contributed by atoms with Gasteiger partial charge >= 0.3 is 0 Å². The molecule has 3 rings (SSSR count). The van der Waals surface area contributed by atoms with Crippen LogP contribution < -0.4 is 10.2 Å². The van der Waals surface area contributed by atoms with E-state index in [-0.39, 0.29) is 42.2 Å². The fourth-order valence-electron chi connectivity index (χ4n) is 3.20. The molecule has 1 heterocycles. The van der Waals surface area contributed by atoms with Crippen LogP contribution in [0.25, 0.3) is 0 Å². The fourth-order valence-corrected chi connectivity index (χ4v) is 3.20. The number of rotatable bonds is 5. The average Bonchev–Trinajstić information content (AvgIpc) is 2.75. The second-order valence-electron chi connectivity index (χ2n) is 7.19. The van der Waals surface area contributed by atoms with Gasteiger partial charge in [0.05, 0.1) is 18.8 Å². The number of halogens is 2. The molecule has 1 N–H and O–H groups in total. The Hall–Kier alpha value is -2.36. The lowest BCUT2D eigenvalue weighted by molar-refractivity contribution is -0.127. The molecule has 1 fully saturated rings. The summed E-state index contributed by atoms with van der Waals surface area (Å²) in [4.78, 5) is 22.5. The molecule has 0 atom stereocenters. The van der Waals surface area contributed by atoms with Gasteiger partial charge in [0.2, 0.25) is 5.91 Å². The van der Waals surface area contributed by atoms with Gasteiger partial charge in [-0.1, -0.05) is 42.5 Å². The van der Waals surface area contributed by atoms with Crippen LogP contribution in [0.4, 0.5) is 10.1 Å². The SMILES string of the molecule is CN(C)C(=O)CNC(=NCc1ccccc1)N1CCN(c2ccccc2F)CC1.I. The van der Waals surface area contributed by atoms with Crippen molar-refractivity contribution in [1.29, 1.82) is 0 Å². The van der Waals surface area contributed by atoms with Crippen molar-refractivity contribution in [1.82, 2.24) is 15.1 Å². The first kappa shape index (κ1) is 23.9. The highest BCUT2D eigenvalue weighted by molar-refractivity contribution is 14.0. The maximum Gasteiger partial charge on any atom is 0.241 e. The van der Waals surface area contributed by atoms with Crippen molar-refractivity contribution in [2.75, 3.05) is 51.7 Å². The molecular formula is C22H29FIN5O. The Morgan fingerprint density at radius 2 is 1.67 bits per heavy atom. The summed E-state index contributed by atoms with van der Waals surface area (Å²) in [5.74, 6) is 0.494. The Morgan fingerprint density at radius 3 is 2.30 bits per heavy atom. The largest absolute Gasteiger partial charge is 0.366 e. The molecule has 1 saturated heterocycles. The lowest BCUT2D eigenvalue weighted by atomic mass is 10.2. The van der Waals surface area contributed by atoms with E-state index in [4.69, 9.17) is 4.99 Å². The van der Waals surface area contributed by atoms with E-state index in [0.29, 0.717) is 44.4 Å². The highest BCUT2D eigenvalue weighted by Crippen LogP contribution is 2.20. The molecule has 0 aliphatic carbocycles. The lowest BCUT2D eigenvalue weighted by Gasteiger charge is -2.37. The molecule has 1 amide bonds. The van der Waals surface area contributed by atoms with Gasteiger partial charge in [-0.25, -0.2) is 9.38 Å². The van der Waals surface area contributed by atoms with Crippen molar-refractivity contribution in [2.24, 2.45) is 4.99 Å². The Labute approximate surface area is 194 Å².